The fraction of sp³-hybridized carbons (Fsp3) is 0.429. The van der Waals surface area contributed by atoms with Crippen LogP contribution in [-0.2, 0) is 16.6 Å². The first-order valence-electron chi connectivity index (χ1n) is 6.61. The van der Waals surface area contributed by atoms with Crippen molar-refractivity contribution in [1.29, 1.82) is 0 Å². The summed E-state index contributed by atoms with van der Waals surface area (Å²) in [5.41, 5.74) is 7.64. The highest BCUT2D eigenvalue weighted by molar-refractivity contribution is 7.90. The van der Waals surface area contributed by atoms with Crippen molar-refractivity contribution in [1.82, 2.24) is 4.72 Å². The predicted octanol–water partition coefficient (Wildman–Crippen LogP) is 1.22. The van der Waals surface area contributed by atoms with Crippen LogP contribution >= 0.6 is 0 Å². The molecule has 6 heteroatoms. The molecule has 0 fully saturated rings. The van der Waals surface area contributed by atoms with Gasteiger partial charge in [-0.3, -0.25) is 4.72 Å². The Labute approximate surface area is 121 Å². The van der Waals surface area contributed by atoms with Gasteiger partial charge in [0.2, 0.25) is 0 Å². The van der Waals surface area contributed by atoms with Gasteiger partial charge in [0.25, 0.3) is 10.2 Å². The van der Waals surface area contributed by atoms with Crippen LogP contribution in [0.25, 0.3) is 0 Å². The largest absolute Gasteiger partial charge is 0.320 e. The van der Waals surface area contributed by atoms with E-state index in [1.807, 2.05) is 19.9 Å². The number of hydrogen-bond acceptors (Lipinski definition) is 3. The van der Waals surface area contributed by atoms with Crippen molar-refractivity contribution in [2.75, 3.05) is 17.8 Å². The van der Waals surface area contributed by atoms with E-state index >= 15 is 0 Å². The molecule has 0 unspecified atom stereocenters. The van der Waals surface area contributed by atoms with E-state index in [4.69, 9.17) is 5.73 Å². The fourth-order valence-electron chi connectivity index (χ4n) is 1.63. The minimum absolute atomic E-state index is 0.302. The topological polar surface area (TPSA) is 84.2 Å². The van der Waals surface area contributed by atoms with Gasteiger partial charge in [-0.15, -0.1) is 0 Å². The van der Waals surface area contributed by atoms with Gasteiger partial charge in [0.15, 0.2) is 0 Å². The highest BCUT2D eigenvalue weighted by Crippen LogP contribution is 2.19. The quantitative estimate of drug-likeness (QED) is 0.690. The van der Waals surface area contributed by atoms with Crippen molar-refractivity contribution in [2.45, 2.75) is 26.7 Å². The van der Waals surface area contributed by atoms with Gasteiger partial charge in [0, 0.05) is 12.1 Å². The highest BCUT2D eigenvalue weighted by atomic mass is 32.2. The molecule has 5 nitrogen and oxygen atoms in total. The second-order valence-electron chi connectivity index (χ2n) is 4.23. The second kappa shape index (κ2) is 7.90. The van der Waals surface area contributed by atoms with E-state index in [2.05, 4.69) is 21.3 Å². The van der Waals surface area contributed by atoms with Gasteiger partial charge in [-0.05, 0) is 36.6 Å². The monoisotopic (exact) mass is 295 g/mol. The van der Waals surface area contributed by atoms with Crippen LogP contribution in [0.4, 0.5) is 5.69 Å². The molecule has 0 aromatic heterocycles. The maximum absolute atomic E-state index is 11.8. The highest BCUT2D eigenvalue weighted by Gasteiger charge is 2.11. The third-order valence-electron chi connectivity index (χ3n) is 2.61. The lowest BCUT2D eigenvalue weighted by atomic mass is 10.1. The van der Waals surface area contributed by atoms with Gasteiger partial charge in [0.1, 0.15) is 0 Å². The van der Waals surface area contributed by atoms with Crippen molar-refractivity contribution in [3.63, 3.8) is 0 Å². The van der Waals surface area contributed by atoms with E-state index in [0.717, 1.165) is 17.5 Å². The zero-order valence-electron chi connectivity index (χ0n) is 11.9. The number of nitrogens with two attached hydrogens (primary N) is 1. The maximum atomic E-state index is 11.8. The first-order chi connectivity index (χ1) is 9.52. The first-order valence-corrected chi connectivity index (χ1v) is 8.10. The molecule has 0 spiro atoms. The van der Waals surface area contributed by atoms with Crippen molar-refractivity contribution in [2.24, 2.45) is 5.73 Å². The van der Waals surface area contributed by atoms with E-state index in [-0.39, 0.29) is 0 Å². The van der Waals surface area contributed by atoms with Crippen molar-refractivity contribution in [3.05, 3.63) is 29.3 Å². The Balaban J connectivity index is 2.96. The molecule has 0 aliphatic rings. The molecule has 20 heavy (non-hydrogen) atoms. The number of anilines is 1. The normalized spacial score (nSPS) is 10.8. The van der Waals surface area contributed by atoms with E-state index in [1.165, 1.54) is 0 Å². The standard InChI is InChI=1S/C14H21N3O2S/c1-3-10-16-20(18,19)17-14-8-7-12(6-5-9-15)11-13(14)4-2/h7-8,11,16-17H,3-4,9-10,15H2,1-2H3. The zero-order valence-corrected chi connectivity index (χ0v) is 12.7. The van der Waals surface area contributed by atoms with Crippen LogP contribution in [0.1, 0.15) is 31.4 Å². The summed E-state index contributed by atoms with van der Waals surface area (Å²) in [6.45, 7) is 4.59. The lowest BCUT2D eigenvalue weighted by Crippen LogP contribution is -2.31. The molecule has 0 saturated heterocycles. The van der Waals surface area contributed by atoms with Crippen LogP contribution in [0.15, 0.2) is 18.2 Å². The van der Waals surface area contributed by atoms with Crippen LogP contribution in [0.3, 0.4) is 0 Å². The Hall–Kier alpha value is -1.55. The third kappa shape index (κ3) is 5.21. The number of benzene rings is 1. The Morgan fingerprint density at radius 1 is 1.30 bits per heavy atom. The zero-order chi connectivity index (χ0) is 15.0. The average Bonchev–Trinajstić information content (AvgIpc) is 2.43. The summed E-state index contributed by atoms with van der Waals surface area (Å²) in [4.78, 5) is 0. The van der Waals surface area contributed by atoms with Crippen molar-refractivity contribution >= 4 is 15.9 Å². The average molecular weight is 295 g/mol. The molecular weight excluding hydrogens is 274 g/mol. The molecule has 0 saturated carbocycles. The second-order valence-corrected chi connectivity index (χ2v) is 5.73. The van der Waals surface area contributed by atoms with Gasteiger partial charge >= 0.3 is 0 Å². The Kier molecular flexibility index (Phi) is 6.52. The minimum Gasteiger partial charge on any atom is -0.320 e. The predicted molar refractivity (Wildman–Crippen MR) is 82.6 cm³/mol. The molecule has 0 atom stereocenters. The smallest absolute Gasteiger partial charge is 0.299 e. The molecule has 0 aliphatic carbocycles. The summed E-state index contributed by atoms with van der Waals surface area (Å²) >= 11 is 0. The molecule has 110 valence electrons. The molecule has 0 amide bonds. The summed E-state index contributed by atoms with van der Waals surface area (Å²) in [5, 5.41) is 0. The lowest BCUT2D eigenvalue weighted by molar-refractivity contribution is 0.586. The molecule has 0 radical (unpaired) electrons. The Morgan fingerprint density at radius 3 is 2.65 bits per heavy atom. The van der Waals surface area contributed by atoms with E-state index in [0.29, 0.717) is 25.2 Å². The van der Waals surface area contributed by atoms with Crippen molar-refractivity contribution in [3.8, 4) is 11.8 Å². The van der Waals surface area contributed by atoms with Crippen LogP contribution in [0.2, 0.25) is 0 Å². The van der Waals surface area contributed by atoms with E-state index in [9.17, 15) is 8.42 Å². The maximum Gasteiger partial charge on any atom is 0.299 e. The molecule has 1 aromatic rings. The minimum atomic E-state index is -3.52. The van der Waals surface area contributed by atoms with Gasteiger partial charge < -0.3 is 5.73 Å². The fourth-order valence-corrected chi connectivity index (χ4v) is 2.67. The molecule has 0 heterocycles. The number of hydrogen-bond donors (Lipinski definition) is 3. The summed E-state index contributed by atoms with van der Waals surface area (Å²) in [6, 6.07) is 5.38. The molecular formula is C14H21N3O2S. The van der Waals surface area contributed by atoms with Crippen LogP contribution in [0.5, 0.6) is 0 Å². The Bertz CT molecular complexity index is 601. The number of aryl methyl sites for hydroxylation is 1. The number of nitrogens with one attached hydrogen (secondary N) is 2. The summed E-state index contributed by atoms with van der Waals surface area (Å²) in [7, 11) is -3.52. The van der Waals surface area contributed by atoms with Gasteiger partial charge in [-0.2, -0.15) is 13.1 Å². The molecule has 0 bridgehead atoms. The SMILES string of the molecule is CCCNS(=O)(=O)Nc1ccc(C#CCN)cc1CC. The van der Waals surface area contributed by atoms with E-state index in [1.54, 1.807) is 12.1 Å². The first kappa shape index (κ1) is 16.5. The Morgan fingerprint density at radius 2 is 2.05 bits per heavy atom. The van der Waals surface area contributed by atoms with Gasteiger partial charge in [-0.1, -0.05) is 25.7 Å². The van der Waals surface area contributed by atoms with Gasteiger partial charge in [0.05, 0.1) is 12.2 Å². The van der Waals surface area contributed by atoms with Crippen LogP contribution in [-0.4, -0.2) is 21.5 Å². The molecule has 1 aromatic carbocycles. The number of rotatable bonds is 6. The third-order valence-corrected chi connectivity index (χ3v) is 3.68. The van der Waals surface area contributed by atoms with Crippen molar-refractivity contribution < 1.29 is 8.42 Å². The van der Waals surface area contributed by atoms with Crippen LogP contribution < -0.4 is 15.2 Å². The lowest BCUT2D eigenvalue weighted by Gasteiger charge is -2.12. The van der Waals surface area contributed by atoms with Gasteiger partial charge in [-0.25, -0.2) is 0 Å². The summed E-state index contributed by atoms with van der Waals surface area (Å²) in [6.07, 6.45) is 1.46. The van der Waals surface area contributed by atoms with Crippen LogP contribution in [0, 0.1) is 11.8 Å². The summed E-state index contributed by atoms with van der Waals surface area (Å²) in [5.74, 6) is 5.71. The molecule has 0 aliphatic heterocycles. The molecule has 4 N–H and O–H groups in total. The molecule has 1 rings (SSSR count). The summed E-state index contributed by atoms with van der Waals surface area (Å²) < 4.78 is 28.7. The van der Waals surface area contributed by atoms with E-state index < -0.39 is 10.2 Å².